The molecule has 55 heavy (non-hydrogen) atoms. The zero-order valence-electron chi connectivity index (χ0n) is 38.6. The van der Waals surface area contributed by atoms with Crippen LogP contribution in [0, 0.1) is 23.2 Å². The maximum absolute atomic E-state index is 14.0. The number of carbonyl (C=O) groups is 1. The molecular weight excluding hydrogens is 729 g/mol. The third-order valence-electron chi connectivity index (χ3n) is 16.4. The molecule has 0 aromatic carbocycles. The van der Waals surface area contributed by atoms with Gasteiger partial charge in [-0.1, -0.05) is 120 Å². The highest BCUT2D eigenvalue weighted by molar-refractivity contribution is 6.74. The number of hydrogen-bond acceptors (Lipinski definition) is 5. The molecule has 0 aromatic rings. The molecule has 6 atom stereocenters. The standard InChI is InChI=1S/C47H86O5Si3/c1-17-55(18-2,19-3)52-47(30-21-20-22-31-47)34-49-43(48)36(5)40-27-28-41-37(24-23-29-46(40,41)12)25-26-38-32-39(50-53(13,14)44(6,7)8)33-42(35(38)4)51-54(15,16)45(9,10)11/h25-26,36,39-42H,4,17-24,27-34H2,1-3,5-16H3/b37-25+,38-26-/t36-,39+,40+,41-,42+,46+/m0/s1. The SMILES string of the molecule is C=C1/C(=C\C=C2/CCC[C@]3(C)[C@@H]([C@H](C)C(=O)OCC4(O[Si](CC)(CC)CC)CCCCC4)CC[C@@H]23)C[C@@H](O[Si](C)(C)C(C)(C)C)C[C@H]1O[Si](C)(C)C(C)(C)C. The largest absolute Gasteiger partial charge is 0.462 e. The third-order valence-corrected chi connectivity index (χ3v) is 30.1. The molecule has 4 rings (SSSR count). The van der Waals surface area contributed by atoms with Gasteiger partial charge in [-0.05, 0) is 134 Å². The van der Waals surface area contributed by atoms with Crippen LogP contribution in [0.1, 0.15) is 153 Å². The molecule has 4 fully saturated rings. The van der Waals surface area contributed by atoms with Crippen molar-refractivity contribution in [1.82, 2.24) is 0 Å². The van der Waals surface area contributed by atoms with Gasteiger partial charge in [-0.2, -0.15) is 0 Å². The first-order valence-electron chi connectivity index (χ1n) is 22.7. The fourth-order valence-electron chi connectivity index (χ4n) is 10.3. The lowest BCUT2D eigenvalue weighted by Gasteiger charge is -2.46. The van der Waals surface area contributed by atoms with E-state index in [0.29, 0.717) is 18.4 Å². The summed E-state index contributed by atoms with van der Waals surface area (Å²) in [6.07, 6.45) is 18.1. The Labute approximate surface area is 343 Å². The number of fused-ring (bicyclic) bond motifs is 1. The summed E-state index contributed by atoms with van der Waals surface area (Å²) in [5.41, 5.74) is 3.81. The Balaban J connectivity index is 1.54. The fourth-order valence-corrected chi connectivity index (χ4v) is 16.0. The molecule has 0 unspecified atom stereocenters. The van der Waals surface area contributed by atoms with Crippen LogP contribution in [0.4, 0.5) is 0 Å². The molecule has 0 aliphatic heterocycles. The predicted molar refractivity (Wildman–Crippen MR) is 241 cm³/mol. The molecule has 0 N–H and O–H groups in total. The lowest BCUT2D eigenvalue weighted by atomic mass is 9.61. The second-order valence-electron chi connectivity index (χ2n) is 21.8. The lowest BCUT2D eigenvalue weighted by molar-refractivity contribution is -0.160. The van der Waals surface area contributed by atoms with Crippen LogP contribution in [-0.2, 0) is 22.8 Å². The van der Waals surface area contributed by atoms with Crippen molar-refractivity contribution in [2.45, 2.75) is 225 Å². The number of carbonyl (C=O) groups excluding carboxylic acids is 1. The van der Waals surface area contributed by atoms with Crippen molar-refractivity contribution in [3.05, 3.63) is 35.5 Å². The van der Waals surface area contributed by atoms with Gasteiger partial charge in [-0.25, -0.2) is 0 Å². The van der Waals surface area contributed by atoms with E-state index in [-0.39, 0.29) is 45.2 Å². The summed E-state index contributed by atoms with van der Waals surface area (Å²) < 4.78 is 27.8. The average molecular weight is 815 g/mol. The Morgan fingerprint density at radius 2 is 1.44 bits per heavy atom. The summed E-state index contributed by atoms with van der Waals surface area (Å²) in [6.45, 7) is 40.1. The van der Waals surface area contributed by atoms with E-state index in [4.69, 9.17) is 24.6 Å². The molecule has 0 saturated heterocycles. The first kappa shape index (κ1) is 46.9. The summed E-state index contributed by atoms with van der Waals surface area (Å²) in [7, 11) is -5.84. The summed E-state index contributed by atoms with van der Waals surface area (Å²) >= 11 is 0. The van der Waals surface area contributed by atoms with E-state index in [9.17, 15) is 4.79 Å². The maximum atomic E-state index is 14.0. The van der Waals surface area contributed by atoms with Gasteiger partial charge < -0.3 is 18.0 Å². The molecular formula is C47H86O5Si3. The Kier molecular flexibility index (Phi) is 15.2. The van der Waals surface area contributed by atoms with Crippen molar-refractivity contribution in [2.75, 3.05) is 6.61 Å². The van der Waals surface area contributed by atoms with Crippen molar-refractivity contribution in [3.8, 4) is 0 Å². The molecule has 316 valence electrons. The van der Waals surface area contributed by atoms with Crippen molar-refractivity contribution >= 4 is 30.9 Å². The van der Waals surface area contributed by atoms with E-state index in [0.717, 1.165) is 68.7 Å². The van der Waals surface area contributed by atoms with E-state index in [1.165, 1.54) is 37.7 Å². The van der Waals surface area contributed by atoms with Crippen LogP contribution in [-0.4, -0.2) is 55.3 Å². The number of rotatable bonds is 14. The minimum Gasteiger partial charge on any atom is -0.462 e. The van der Waals surface area contributed by atoms with Gasteiger partial charge in [0.1, 0.15) is 6.61 Å². The van der Waals surface area contributed by atoms with Crippen molar-refractivity contribution < 1.29 is 22.8 Å². The summed E-state index contributed by atoms with van der Waals surface area (Å²) in [5.74, 6) is 0.703. The van der Waals surface area contributed by atoms with Crippen LogP contribution >= 0.6 is 0 Å². The quantitative estimate of drug-likeness (QED) is 0.129. The van der Waals surface area contributed by atoms with Crippen LogP contribution in [0.2, 0.25) is 54.4 Å². The van der Waals surface area contributed by atoms with Gasteiger partial charge in [0.25, 0.3) is 0 Å². The smallest absolute Gasteiger partial charge is 0.309 e. The number of hydrogen-bond donors (Lipinski definition) is 0. The van der Waals surface area contributed by atoms with Crippen molar-refractivity contribution in [2.24, 2.45) is 23.2 Å². The second-order valence-corrected chi connectivity index (χ2v) is 36.1. The monoisotopic (exact) mass is 815 g/mol. The lowest BCUT2D eigenvalue weighted by Crippen LogP contribution is -2.51. The van der Waals surface area contributed by atoms with Gasteiger partial charge in [0.2, 0.25) is 0 Å². The number of esters is 1. The van der Waals surface area contributed by atoms with Crippen LogP contribution in [0.5, 0.6) is 0 Å². The molecule has 0 spiro atoms. The summed E-state index contributed by atoms with van der Waals surface area (Å²) in [6, 6.07) is 3.39. The average Bonchev–Trinajstić information content (AvgIpc) is 3.46. The topological polar surface area (TPSA) is 54.0 Å². The van der Waals surface area contributed by atoms with E-state index in [2.05, 4.69) is 115 Å². The first-order valence-corrected chi connectivity index (χ1v) is 31.0. The molecule has 4 aliphatic carbocycles. The van der Waals surface area contributed by atoms with Crippen LogP contribution in [0.25, 0.3) is 0 Å². The second kappa shape index (κ2) is 17.8. The first-order chi connectivity index (χ1) is 25.4. The minimum atomic E-state index is -2.03. The fraction of sp³-hybridized carbons (Fsp3) is 0.851. The number of ether oxygens (including phenoxy) is 1. The van der Waals surface area contributed by atoms with E-state index in [1.54, 1.807) is 5.57 Å². The Bertz CT molecular complexity index is 1380. The maximum Gasteiger partial charge on any atom is 0.309 e. The Morgan fingerprint density at radius 3 is 2.00 bits per heavy atom. The zero-order valence-corrected chi connectivity index (χ0v) is 41.6. The minimum absolute atomic E-state index is 0.00513. The Morgan fingerprint density at radius 1 is 0.855 bits per heavy atom. The predicted octanol–water partition coefficient (Wildman–Crippen LogP) is 14.1. The molecule has 0 aromatic heterocycles. The Hall–Kier alpha value is -0.779. The molecule has 0 radical (unpaired) electrons. The molecule has 4 saturated carbocycles. The highest BCUT2D eigenvalue weighted by Crippen LogP contribution is 2.59. The van der Waals surface area contributed by atoms with Crippen LogP contribution in [0.3, 0.4) is 0 Å². The molecule has 0 bridgehead atoms. The molecule has 4 aliphatic rings. The van der Waals surface area contributed by atoms with Crippen LogP contribution < -0.4 is 0 Å². The molecule has 0 amide bonds. The van der Waals surface area contributed by atoms with Crippen molar-refractivity contribution in [1.29, 1.82) is 0 Å². The van der Waals surface area contributed by atoms with Crippen LogP contribution in [0.15, 0.2) is 35.5 Å². The van der Waals surface area contributed by atoms with Gasteiger partial charge in [0.05, 0.1) is 23.7 Å². The van der Waals surface area contributed by atoms with Gasteiger partial charge in [-0.15, -0.1) is 0 Å². The van der Waals surface area contributed by atoms with Gasteiger partial charge >= 0.3 is 5.97 Å². The highest BCUT2D eigenvalue weighted by Gasteiger charge is 2.53. The normalized spacial score (nSPS) is 30.4. The summed E-state index contributed by atoms with van der Waals surface area (Å²) in [5, 5.41) is 0.273. The zero-order chi connectivity index (χ0) is 41.3. The van der Waals surface area contributed by atoms with Gasteiger partial charge in [0.15, 0.2) is 25.0 Å². The number of allylic oxidation sites excluding steroid dienone is 3. The molecule has 0 heterocycles. The third kappa shape index (κ3) is 10.5. The van der Waals surface area contributed by atoms with E-state index >= 15 is 0 Å². The van der Waals surface area contributed by atoms with E-state index in [1.807, 2.05) is 0 Å². The molecule has 8 heteroatoms. The van der Waals surface area contributed by atoms with E-state index < -0.39 is 25.0 Å². The van der Waals surface area contributed by atoms with Gasteiger partial charge in [-0.3, -0.25) is 4.79 Å². The summed E-state index contributed by atoms with van der Waals surface area (Å²) in [4.78, 5) is 14.0. The highest BCUT2D eigenvalue weighted by atomic mass is 28.4. The molecule has 5 nitrogen and oxygen atoms in total. The van der Waals surface area contributed by atoms with Gasteiger partial charge in [0, 0.05) is 6.42 Å². The van der Waals surface area contributed by atoms with Crippen molar-refractivity contribution in [3.63, 3.8) is 0 Å².